The molecule has 16 heavy (non-hydrogen) atoms. The van der Waals surface area contributed by atoms with Gasteiger partial charge in [-0.15, -0.1) is 11.3 Å². The molecule has 0 saturated carbocycles. The van der Waals surface area contributed by atoms with E-state index in [-0.39, 0.29) is 12.0 Å². The van der Waals surface area contributed by atoms with E-state index in [1.807, 2.05) is 6.92 Å². The molecule has 5 heteroatoms. The molecule has 0 unspecified atom stereocenters. The number of aliphatic hydroxyl groups is 1. The van der Waals surface area contributed by atoms with Crippen molar-refractivity contribution in [1.82, 2.24) is 4.90 Å². The Morgan fingerprint density at radius 3 is 2.69 bits per heavy atom. The second-order valence-electron chi connectivity index (χ2n) is 4.15. The molecule has 1 fully saturated rings. The van der Waals surface area contributed by atoms with Crippen molar-refractivity contribution in [1.29, 1.82) is 0 Å². The number of aryl methyl sites for hydroxylation is 1. The van der Waals surface area contributed by atoms with Crippen molar-refractivity contribution in [2.75, 3.05) is 18.8 Å². The quantitative estimate of drug-likeness (QED) is 0.776. The molecule has 2 rings (SSSR count). The number of rotatable bonds is 1. The van der Waals surface area contributed by atoms with Crippen molar-refractivity contribution in [2.24, 2.45) is 0 Å². The lowest BCUT2D eigenvalue weighted by atomic mass is 10.1. The molecule has 1 aromatic rings. The van der Waals surface area contributed by atoms with Gasteiger partial charge < -0.3 is 15.7 Å². The Morgan fingerprint density at radius 2 is 2.19 bits per heavy atom. The van der Waals surface area contributed by atoms with Gasteiger partial charge in [-0.2, -0.15) is 0 Å². The van der Waals surface area contributed by atoms with Crippen LogP contribution in [0.5, 0.6) is 0 Å². The molecule has 3 N–H and O–H groups in total. The number of nitrogen functional groups attached to an aromatic ring is 1. The van der Waals surface area contributed by atoms with Gasteiger partial charge >= 0.3 is 0 Å². The van der Waals surface area contributed by atoms with Gasteiger partial charge in [0.05, 0.1) is 11.0 Å². The standard InChI is InChI=1S/C11H16N2O2S/c1-7-9(12)6-10(16-7)11(15)13-4-2-8(14)3-5-13/h6,8,14H,2-5,12H2,1H3. The van der Waals surface area contributed by atoms with Crippen molar-refractivity contribution in [3.63, 3.8) is 0 Å². The summed E-state index contributed by atoms with van der Waals surface area (Å²) in [5.74, 6) is 0.0386. The highest BCUT2D eigenvalue weighted by molar-refractivity contribution is 7.14. The number of aliphatic hydroxyl groups excluding tert-OH is 1. The number of hydrogen-bond donors (Lipinski definition) is 2. The summed E-state index contributed by atoms with van der Waals surface area (Å²) < 4.78 is 0. The maximum atomic E-state index is 12.1. The Labute approximate surface area is 98.7 Å². The van der Waals surface area contributed by atoms with Gasteiger partial charge in [0, 0.05) is 23.7 Å². The molecule has 0 bridgehead atoms. The first-order valence-corrected chi connectivity index (χ1v) is 6.23. The zero-order valence-electron chi connectivity index (χ0n) is 9.27. The van der Waals surface area contributed by atoms with Gasteiger partial charge in [0.25, 0.3) is 5.91 Å². The van der Waals surface area contributed by atoms with Crippen LogP contribution in [-0.4, -0.2) is 35.1 Å². The molecule has 1 amide bonds. The first-order chi connectivity index (χ1) is 7.58. The number of hydrogen-bond acceptors (Lipinski definition) is 4. The molecule has 0 atom stereocenters. The number of piperidine rings is 1. The number of carbonyl (C=O) groups is 1. The summed E-state index contributed by atoms with van der Waals surface area (Å²) in [7, 11) is 0. The summed E-state index contributed by atoms with van der Waals surface area (Å²) in [5, 5.41) is 9.37. The number of nitrogens with two attached hydrogens (primary N) is 1. The van der Waals surface area contributed by atoms with Crippen LogP contribution in [0.2, 0.25) is 0 Å². The van der Waals surface area contributed by atoms with Crippen LogP contribution in [-0.2, 0) is 0 Å². The second kappa shape index (κ2) is 4.43. The zero-order chi connectivity index (χ0) is 11.7. The van der Waals surface area contributed by atoms with E-state index >= 15 is 0 Å². The van der Waals surface area contributed by atoms with Crippen molar-refractivity contribution in [3.8, 4) is 0 Å². The molecule has 1 aliphatic rings. The van der Waals surface area contributed by atoms with E-state index in [9.17, 15) is 9.90 Å². The van der Waals surface area contributed by atoms with E-state index in [1.165, 1.54) is 11.3 Å². The van der Waals surface area contributed by atoms with Crippen LogP contribution in [0.4, 0.5) is 5.69 Å². The SMILES string of the molecule is Cc1sc(C(=O)N2CCC(O)CC2)cc1N. The lowest BCUT2D eigenvalue weighted by Crippen LogP contribution is -2.39. The number of likely N-dealkylation sites (tertiary alicyclic amines) is 1. The smallest absolute Gasteiger partial charge is 0.264 e. The van der Waals surface area contributed by atoms with Crippen molar-refractivity contribution in [2.45, 2.75) is 25.9 Å². The fourth-order valence-corrected chi connectivity index (χ4v) is 2.74. The molecule has 4 nitrogen and oxygen atoms in total. The minimum Gasteiger partial charge on any atom is -0.398 e. The normalized spacial score (nSPS) is 17.8. The van der Waals surface area contributed by atoms with Crippen molar-refractivity contribution in [3.05, 3.63) is 15.8 Å². The highest BCUT2D eigenvalue weighted by Gasteiger charge is 2.23. The monoisotopic (exact) mass is 240 g/mol. The molecule has 1 aromatic heterocycles. The second-order valence-corrected chi connectivity index (χ2v) is 5.40. The molecular weight excluding hydrogens is 224 g/mol. The van der Waals surface area contributed by atoms with Gasteiger partial charge in [-0.25, -0.2) is 0 Å². The largest absolute Gasteiger partial charge is 0.398 e. The number of nitrogens with zero attached hydrogens (tertiary/aromatic N) is 1. The Balaban J connectivity index is 2.07. The Bertz CT molecular complexity index is 375. The third-order valence-corrected chi connectivity index (χ3v) is 3.97. The van der Waals surface area contributed by atoms with E-state index in [4.69, 9.17) is 5.73 Å². The molecule has 0 radical (unpaired) electrons. The summed E-state index contributed by atoms with van der Waals surface area (Å²) >= 11 is 1.44. The van der Waals surface area contributed by atoms with Gasteiger partial charge in [0.2, 0.25) is 0 Å². The maximum absolute atomic E-state index is 12.1. The van der Waals surface area contributed by atoms with Crippen molar-refractivity contribution < 1.29 is 9.90 Å². The summed E-state index contributed by atoms with van der Waals surface area (Å²) in [6.45, 7) is 3.18. The van der Waals surface area contributed by atoms with Crippen LogP contribution in [0, 0.1) is 6.92 Å². The third kappa shape index (κ3) is 2.20. The van der Waals surface area contributed by atoms with E-state index < -0.39 is 0 Å². The topological polar surface area (TPSA) is 66.6 Å². The van der Waals surface area contributed by atoms with Crippen LogP contribution in [0.3, 0.4) is 0 Å². The first kappa shape index (κ1) is 11.4. The fourth-order valence-electron chi connectivity index (χ4n) is 1.83. The Morgan fingerprint density at radius 1 is 1.56 bits per heavy atom. The summed E-state index contributed by atoms with van der Waals surface area (Å²) in [5.41, 5.74) is 6.42. The molecule has 1 saturated heterocycles. The Kier molecular flexibility index (Phi) is 3.16. The third-order valence-electron chi connectivity index (χ3n) is 2.92. The molecule has 0 spiro atoms. The van der Waals surface area contributed by atoms with Gasteiger partial charge in [-0.1, -0.05) is 0 Å². The highest BCUT2D eigenvalue weighted by atomic mass is 32.1. The van der Waals surface area contributed by atoms with Crippen LogP contribution >= 0.6 is 11.3 Å². The number of amides is 1. The number of anilines is 1. The zero-order valence-corrected chi connectivity index (χ0v) is 10.1. The average Bonchev–Trinajstić information content (AvgIpc) is 2.59. The van der Waals surface area contributed by atoms with Crippen LogP contribution in [0.15, 0.2) is 6.07 Å². The minimum atomic E-state index is -0.251. The van der Waals surface area contributed by atoms with E-state index in [1.54, 1.807) is 11.0 Å². The highest BCUT2D eigenvalue weighted by Crippen LogP contribution is 2.25. The molecule has 2 heterocycles. The molecule has 0 aromatic carbocycles. The number of thiophene rings is 1. The lowest BCUT2D eigenvalue weighted by Gasteiger charge is -2.29. The van der Waals surface area contributed by atoms with E-state index in [2.05, 4.69) is 0 Å². The predicted molar refractivity (Wildman–Crippen MR) is 64.6 cm³/mol. The van der Waals surface area contributed by atoms with Gasteiger partial charge in [0.15, 0.2) is 0 Å². The number of carbonyl (C=O) groups excluding carboxylic acids is 1. The van der Waals surface area contributed by atoms with Gasteiger partial charge in [-0.3, -0.25) is 4.79 Å². The Hall–Kier alpha value is -1.07. The summed E-state index contributed by atoms with van der Waals surface area (Å²) in [4.78, 5) is 15.5. The van der Waals surface area contributed by atoms with E-state index in [0.29, 0.717) is 36.5 Å². The predicted octanol–water partition coefficient (Wildman–Crippen LogP) is 1.24. The van der Waals surface area contributed by atoms with Crippen LogP contribution < -0.4 is 5.73 Å². The van der Waals surface area contributed by atoms with Crippen molar-refractivity contribution >= 4 is 22.9 Å². The minimum absolute atomic E-state index is 0.0386. The summed E-state index contributed by atoms with van der Waals surface area (Å²) in [6.07, 6.45) is 1.09. The maximum Gasteiger partial charge on any atom is 0.264 e. The molecular formula is C11H16N2O2S. The first-order valence-electron chi connectivity index (χ1n) is 5.41. The molecule has 1 aliphatic heterocycles. The van der Waals surface area contributed by atoms with Crippen LogP contribution in [0.25, 0.3) is 0 Å². The molecule has 0 aliphatic carbocycles. The summed E-state index contributed by atoms with van der Waals surface area (Å²) in [6, 6.07) is 1.74. The fraction of sp³-hybridized carbons (Fsp3) is 0.545. The van der Waals surface area contributed by atoms with Crippen LogP contribution in [0.1, 0.15) is 27.4 Å². The van der Waals surface area contributed by atoms with Gasteiger partial charge in [-0.05, 0) is 25.8 Å². The van der Waals surface area contributed by atoms with E-state index in [0.717, 1.165) is 4.88 Å². The molecule has 88 valence electrons. The van der Waals surface area contributed by atoms with Gasteiger partial charge in [0.1, 0.15) is 0 Å². The lowest BCUT2D eigenvalue weighted by molar-refractivity contribution is 0.0550. The average molecular weight is 240 g/mol.